The Morgan fingerprint density at radius 1 is 0.958 bits per heavy atom. The Hall–Kier alpha value is 1.41. The molecule has 24 heavy (non-hydrogen) atoms. The molecule has 0 aromatic carbocycles. The highest BCUT2D eigenvalue weighted by atomic mass is 33.2. The minimum atomic E-state index is -5.20. The minimum Gasteiger partial charge on any atom is -0.387 e. The van der Waals surface area contributed by atoms with Gasteiger partial charge in [0.25, 0.3) is 0 Å². The van der Waals surface area contributed by atoms with E-state index < -0.39 is 57.6 Å². The van der Waals surface area contributed by atoms with Crippen molar-refractivity contribution < 1.29 is 57.2 Å². The molecule has 1 aliphatic rings. The maximum atomic E-state index is 11.6. The highest BCUT2D eigenvalue weighted by Crippen LogP contribution is 2.72. The quantitative estimate of drug-likeness (QED) is 0.170. The molecule has 0 aromatic heterocycles. The summed E-state index contributed by atoms with van der Waals surface area (Å²) in [5.41, 5.74) is 0. The molecular weight excluding hydrogens is 453 g/mol. The lowest BCUT2D eigenvalue weighted by Gasteiger charge is -2.38. The molecule has 12 nitrogen and oxygen atoms in total. The van der Waals surface area contributed by atoms with Gasteiger partial charge in [-0.05, 0) is 11.8 Å². The van der Waals surface area contributed by atoms with Crippen molar-refractivity contribution in [3.8, 4) is 0 Å². The molecule has 2 unspecified atom stereocenters. The van der Waals surface area contributed by atoms with Gasteiger partial charge in [0.15, 0.2) is 11.0 Å². The monoisotopic (exact) mass is 468 g/mol. The molecule has 1 heterocycles. The Morgan fingerprint density at radius 3 is 2.00 bits per heavy atom. The molecule has 7 atom stereocenters. The van der Waals surface area contributed by atoms with E-state index in [0.29, 0.717) is 0 Å². The first-order valence-corrected chi connectivity index (χ1v) is 13.8. The minimum absolute atomic E-state index is 0.953. The average molecular weight is 468 g/mol. The van der Waals surface area contributed by atoms with Crippen LogP contribution in [0.25, 0.3) is 0 Å². The number of rotatable bonds is 7. The van der Waals surface area contributed by atoms with E-state index >= 15 is 0 Å². The zero-order valence-electron chi connectivity index (χ0n) is 11.4. The van der Waals surface area contributed by atoms with Gasteiger partial charge < -0.3 is 34.9 Å². The molecule has 1 aliphatic heterocycles. The van der Waals surface area contributed by atoms with Gasteiger partial charge in [-0.25, -0.2) is 13.4 Å². The fraction of sp³-hybridized carbons (Fsp3) is 1.00. The summed E-state index contributed by atoms with van der Waals surface area (Å²) in [6.07, 6.45) is -8.88. The van der Waals surface area contributed by atoms with Crippen LogP contribution in [-0.4, -0.2) is 67.5 Å². The first-order chi connectivity index (χ1) is 10.6. The molecular formula is C6H15O12P3S3. The Bertz CT molecular complexity index is 582. The zero-order valence-corrected chi connectivity index (χ0v) is 16.7. The second kappa shape index (κ2) is 8.61. The van der Waals surface area contributed by atoms with Gasteiger partial charge in [-0.15, -0.1) is 24.5 Å². The van der Waals surface area contributed by atoms with E-state index in [1.807, 2.05) is 0 Å². The average Bonchev–Trinajstić information content (AvgIpc) is 2.34. The van der Waals surface area contributed by atoms with Gasteiger partial charge in [0, 0.05) is 0 Å². The Balaban J connectivity index is 2.67. The van der Waals surface area contributed by atoms with Gasteiger partial charge in [-0.2, -0.15) is 4.31 Å². The topological polar surface area (TPSA) is 192 Å². The lowest BCUT2D eigenvalue weighted by atomic mass is 10.00. The Labute approximate surface area is 151 Å². The Kier molecular flexibility index (Phi) is 8.42. The molecule has 0 amide bonds. The standard InChI is InChI=1S/C6H15O12P3S3/c7-3-2(16-6(10)5(9)4(3)8)1-15-19(11,12)17-20(13,14)18-21(22,23)24/h2-10H,1H2,(H,11,12)(H,13,14)(H2,22,23,24)/t2-,3+,4+,5-,6-/m1/s1. The molecule has 0 aromatic rings. The molecule has 0 bridgehead atoms. The van der Waals surface area contributed by atoms with Gasteiger partial charge in [0.1, 0.15) is 24.4 Å². The maximum absolute atomic E-state index is 11.6. The Morgan fingerprint density at radius 2 is 1.50 bits per heavy atom. The summed E-state index contributed by atoms with van der Waals surface area (Å²) in [5.74, 6) is 0. The van der Waals surface area contributed by atoms with E-state index in [1.54, 1.807) is 0 Å². The number of thiol groups is 2. The van der Waals surface area contributed by atoms with Crippen molar-refractivity contribution in [3.63, 3.8) is 0 Å². The number of phosphoric ester groups is 1. The maximum Gasteiger partial charge on any atom is 0.486 e. The summed E-state index contributed by atoms with van der Waals surface area (Å²) in [6.45, 7) is -0.953. The van der Waals surface area contributed by atoms with Crippen molar-refractivity contribution in [1.82, 2.24) is 0 Å². The third-order valence-corrected chi connectivity index (χ3v) is 8.22. The van der Waals surface area contributed by atoms with Gasteiger partial charge >= 0.3 is 15.6 Å². The van der Waals surface area contributed by atoms with Crippen LogP contribution in [0.2, 0.25) is 0 Å². The van der Waals surface area contributed by atoms with Crippen LogP contribution < -0.4 is 0 Å². The molecule has 144 valence electrons. The normalized spacial score (nSPS) is 36.8. The van der Waals surface area contributed by atoms with Gasteiger partial charge in [-0.1, -0.05) is 0 Å². The van der Waals surface area contributed by atoms with E-state index in [4.69, 9.17) is 0 Å². The predicted molar refractivity (Wildman–Crippen MR) is 88.9 cm³/mol. The third-order valence-electron chi connectivity index (χ3n) is 2.50. The summed E-state index contributed by atoms with van der Waals surface area (Å²) in [6, 6.07) is 0. The van der Waals surface area contributed by atoms with Crippen LogP contribution in [0.15, 0.2) is 0 Å². The number of aliphatic hydroxyl groups is 4. The smallest absolute Gasteiger partial charge is 0.387 e. The second-order valence-electron chi connectivity index (χ2n) is 4.42. The number of ether oxygens (including phenoxy) is 1. The number of hydrogen-bond acceptors (Lipinski definition) is 11. The molecule has 0 aliphatic carbocycles. The van der Waals surface area contributed by atoms with Crippen molar-refractivity contribution >= 4 is 56.6 Å². The fourth-order valence-corrected chi connectivity index (χ4v) is 6.99. The molecule has 18 heteroatoms. The van der Waals surface area contributed by atoms with E-state index in [2.05, 4.69) is 54.2 Å². The highest BCUT2D eigenvalue weighted by Gasteiger charge is 2.45. The van der Waals surface area contributed by atoms with Crippen molar-refractivity contribution in [1.29, 1.82) is 0 Å². The summed E-state index contributed by atoms with van der Waals surface area (Å²) in [7, 11) is -10.3. The lowest BCUT2D eigenvalue weighted by molar-refractivity contribution is -0.285. The molecule has 1 rings (SSSR count). The third kappa shape index (κ3) is 7.57. The largest absolute Gasteiger partial charge is 0.486 e. The molecule has 0 spiro atoms. The van der Waals surface area contributed by atoms with Crippen LogP contribution in [0.5, 0.6) is 0 Å². The van der Waals surface area contributed by atoms with Crippen molar-refractivity contribution in [3.05, 3.63) is 0 Å². The lowest BCUT2D eigenvalue weighted by Crippen LogP contribution is -2.58. The van der Waals surface area contributed by atoms with Gasteiger partial charge in [-0.3, -0.25) is 4.52 Å². The predicted octanol–water partition coefficient (Wildman–Crippen LogP) is -0.879. The van der Waals surface area contributed by atoms with Crippen molar-refractivity contribution in [2.75, 3.05) is 6.61 Å². The van der Waals surface area contributed by atoms with E-state index in [-0.39, 0.29) is 0 Å². The van der Waals surface area contributed by atoms with Crippen LogP contribution in [0.3, 0.4) is 0 Å². The van der Waals surface area contributed by atoms with Crippen LogP contribution >= 0.6 is 44.8 Å². The van der Waals surface area contributed by atoms with Crippen molar-refractivity contribution in [2.45, 2.75) is 30.7 Å². The molecule has 6 N–H and O–H groups in total. The first kappa shape index (κ1) is 23.4. The summed E-state index contributed by atoms with van der Waals surface area (Å²) >= 11 is 11.7. The van der Waals surface area contributed by atoms with Gasteiger partial charge in [0.05, 0.1) is 6.61 Å². The number of phosphoric acid groups is 2. The van der Waals surface area contributed by atoms with Crippen LogP contribution in [-0.2, 0) is 38.8 Å². The molecule has 0 radical (unpaired) electrons. The summed E-state index contributed by atoms with van der Waals surface area (Å²) < 4.78 is 37.0. The highest BCUT2D eigenvalue weighted by molar-refractivity contribution is 8.91. The molecule has 1 fully saturated rings. The molecule has 0 saturated carbocycles. The van der Waals surface area contributed by atoms with Gasteiger partial charge in [0.2, 0.25) is 0 Å². The SMILES string of the molecule is O=P(O)(OC[C@H]1O[C@@H](O)[C@H](O)[C@@H](O)[C@H]1O)OP(=O)(O)OP(=S)(S)S. The van der Waals surface area contributed by atoms with Crippen LogP contribution in [0.4, 0.5) is 0 Å². The first-order valence-electron chi connectivity index (χ1n) is 5.80. The molecule has 1 saturated heterocycles. The van der Waals surface area contributed by atoms with Crippen LogP contribution in [0, 0.1) is 0 Å². The fourth-order valence-electron chi connectivity index (χ4n) is 1.54. The van der Waals surface area contributed by atoms with E-state index in [0.717, 1.165) is 0 Å². The van der Waals surface area contributed by atoms with E-state index in [1.165, 1.54) is 0 Å². The van der Waals surface area contributed by atoms with E-state index in [9.17, 15) is 39.3 Å². The summed E-state index contributed by atoms with van der Waals surface area (Å²) in [5, 5.41) is 37.6. The number of aliphatic hydroxyl groups excluding tert-OH is 4. The number of hydrogen-bond donors (Lipinski definition) is 8. The van der Waals surface area contributed by atoms with Crippen molar-refractivity contribution in [2.24, 2.45) is 0 Å². The summed E-state index contributed by atoms with van der Waals surface area (Å²) in [4.78, 5) is 18.6. The van der Waals surface area contributed by atoms with Crippen LogP contribution in [0.1, 0.15) is 0 Å². The second-order valence-corrected chi connectivity index (χ2v) is 16.3. The zero-order chi connectivity index (χ0) is 18.9.